The van der Waals surface area contributed by atoms with E-state index in [4.69, 9.17) is 9.15 Å². The molecule has 0 spiro atoms. The van der Waals surface area contributed by atoms with Gasteiger partial charge in [-0.1, -0.05) is 60.7 Å². The first-order chi connectivity index (χ1) is 21.0. The second kappa shape index (κ2) is 12.8. The van der Waals surface area contributed by atoms with E-state index in [2.05, 4.69) is 10.6 Å². The number of carboxylic acid groups (broad SMARTS) is 1. The number of nitrogens with one attached hydrogen (secondary N) is 2. The molecule has 9 nitrogen and oxygen atoms in total. The second-order valence-electron chi connectivity index (χ2n) is 11.9. The topological polar surface area (TPSA) is 135 Å². The number of hydrogen-bond donors (Lipinski definition) is 3. The van der Waals surface area contributed by atoms with Crippen molar-refractivity contribution >= 4 is 28.8 Å². The number of aryl methyl sites for hydroxylation is 2. The summed E-state index contributed by atoms with van der Waals surface area (Å²) in [5.41, 5.74) is 2.77. The van der Waals surface area contributed by atoms with Crippen molar-refractivity contribution in [3.05, 3.63) is 111 Å². The molecular weight excluding hydrogens is 560 g/mol. The fourth-order valence-corrected chi connectivity index (χ4v) is 5.53. The van der Waals surface area contributed by atoms with Crippen LogP contribution in [0.1, 0.15) is 48.1 Å². The Labute approximate surface area is 255 Å². The van der Waals surface area contributed by atoms with Gasteiger partial charge in [-0.3, -0.25) is 9.59 Å². The maximum absolute atomic E-state index is 13.5. The van der Waals surface area contributed by atoms with Crippen molar-refractivity contribution in [3.8, 4) is 5.75 Å². The van der Waals surface area contributed by atoms with Crippen LogP contribution in [0.15, 0.2) is 82.0 Å². The molecule has 0 unspecified atom stereocenters. The van der Waals surface area contributed by atoms with Gasteiger partial charge in [0.25, 0.3) is 0 Å². The quantitative estimate of drug-likeness (QED) is 0.233. The van der Waals surface area contributed by atoms with Crippen molar-refractivity contribution in [2.75, 3.05) is 0 Å². The van der Waals surface area contributed by atoms with E-state index in [1.807, 2.05) is 56.3 Å². The third-order valence-corrected chi connectivity index (χ3v) is 8.02. The Kier molecular flexibility index (Phi) is 8.85. The van der Waals surface area contributed by atoms with Gasteiger partial charge in [0, 0.05) is 24.3 Å². The highest BCUT2D eigenvalue weighted by Gasteiger charge is 2.29. The Morgan fingerprint density at radius 1 is 0.909 bits per heavy atom. The Hall–Kier alpha value is -4.92. The summed E-state index contributed by atoms with van der Waals surface area (Å²) in [6, 6.07) is 19.5. The zero-order chi connectivity index (χ0) is 31.4. The third-order valence-electron chi connectivity index (χ3n) is 8.02. The fraction of sp³-hybridized carbons (Fsp3) is 0.314. The Morgan fingerprint density at radius 2 is 1.52 bits per heavy atom. The number of benzene rings is 3. The smallest absolute Gasteiger partial charge is 0.340 e. The van der Waals surface area contributed by atoms with E-state index < -0.39 is 35.5 Å². The molecule has 0 aliphatic carbocycles. The van der Waals surface area contributed by atoms with E-state index in [1.165, 1.54) is 0 Å². The molecule has 3 N–H and O–H groups in total. The summed E-state index contributed by atoms with van der Waals surface area (Å²) >= 11 is 0. The van der Waals surface area contributed by atoms with Gasteiger partial charge in [0.05, 0.1) is 12.0 Å². The van der Waals surface area contributed by atoms with Crippen LogP contribution in [0.4, 0.5) is 0 Å². The summed E-state index contributed by atoms with van der Waals surface area (Å²) in [6.45, 7) is 5.80. The molecular formula is C35H36N2O7. The summed E-state index contributed by atoms with van der Waals surface area (Å²) in [5.74, 6) is -1.70. The minimum absolute atomic E-state index is 0.0808. The molecule has 44 heavy (non-hydrogen) atoms. The molecule has 0 saturated carbocycles. The average Bonchev–Trinajstić information content (AvgIpc) is 2.98. The molecule has 9 heteroatoms. The van der Waals surface area contributed by atoms with Crippen molar-refractivity contribution < 1.29 is 28.6 Å². The minimum atomic E-state index is -1.20. The van der Waals surface area contributed by atoms with Gasteiger partial charge in [0.2, 0.25) is 11.8 Å². The van der Waals surface area contributed by atoms with Gasteiger partial charge in [-0.15, -0.1) is 0 Å². The van der Waals surface area contributed by atoms with Crippen LogP contribution in [0.25, 0.3) is 11.0 Å². The molecule has 1 aromatic heterocycles. The van der Waals surface area contributed by atoms with Gasteiger partial charge < -0.3 is 24.9 Å². The second-order valence-corrected chi connectivity index (χ2v) is 11.9. The van der Waals surface area contributed by atoms with Gasteiger partial charge >= 0.3 is 11.6 Å². The molecule has 3 aromatic carbocycles. The first kappa shape index (κ1) is 30.5. The van der Waals surface area contributed by atoms with Gasteiger partial charge in [0.15, 0.2) is 0 Å². The van der Waals surface area contributed by atoms with Gasteiger partial charge in [-0.25, -0.2) is 9.59 Å². The van der Waals surface area contributed by atoms with Crippen molar-refractivity contribution in [2.45, 2.75) is 70.6 Å². The number of rotatable bonds is 10. The summed E-state index contributed by atoms with van der Waals surface area (Å²) in [7, 11) is 0. The number of hydrogen-bond acceptors (Lipinski definition) is 6. The van der Waals surface area contributed by atoms with E-state index in [9.17, 15) is 24.3 Å². The van der Waals surface area contributed by atoms with E-state index in [0.717, 1.165) is 34.9 Å². The van der Waals surface area contributed by atoms with E-state index in [0.29, 0.717) is 16.9 Å². The number of ether oxygens (including phenoxy) is 1. The van der Waals surface area contributed by atoms with Gasteiger partial charge in [-0.2, -0.15) is 0 Å². The molecule has 0 bridgehead atoms. The van der Waals surface area contributed by atoms with Crippen molar-refractivity contribution in [3.63, 3.8) is 0 Å². The maximum atomic E-state index is 13.5. The molecule has 4 aromatic rings. The van der Waals surface area contributed by atoms with Crippen LogP contribution in [0, 0.1) is 6.92 Å². The fourth-order valence-electron chi connectivity index (χ4n) is 5.53. The van der Waals surface area contributed by atoms with Crippen LogP contribution >= 0.6 is 0 Å². The largest absolute Gasteiger partial charge is 0.487 e. The number of fused-ring (bicyclic) bond motifs is 2. The number of carbonyl (C=O) groups is 3. The van der Waals surface area contributed by atoms with Crippen LogP contribution in [-0.4, -0.2) is 40.6 Å². The summed E-state index contributed by atoms with van der Waals surface area (Å²) in [5, 5.41) is 15.9. The van der Waals surface area contributed by atoms with Crippen LogP contribution in [0.5, 0.6) is 5.75 Å². The van der Waals surface area contributed by atoms with Gasteiger partial charge in [-0.05, 0) is 61.9 Å². The molecule has 228 valence electrons. The van der Waals surface area contributed by atoms with Crippen molar-refractivity contribution in [1.82, 2.24) is 10.6 Å². The molecule has 2 atom stereocenters. The first-order valence-corrected chi connectivity index (χ1v) is 14.7. The Morgan fingerprint density at radius 3 is 2.14 bits per heavy atom. The van der Waals surface area contributed by atoms with Crippen molar-refractivity contribution in [1.29, 1.82) is 0 Å². The predicted octanol–water partition coefficient (Wildman–Crippen LogP) is 4.29. The molecule has 0 radical (unpaired) electrons. The van der Waals surface area contributed by atoms with Gasteiger partial charge in [0.1, 0.15) is 29.0 Å². The molecule has 1 aliphatic rings. The Balaban J connectivity index is 1.37. The lowest BCUT2D eigenvalue weighted by Crippen LogP contribution is -2.53. The van der Waals surface area contributed by atoms with E-state index in [-0.39, 0.29) is 30.4 Å². The number of carboxylic acids is 1. The molecule has 5 rings (SSSR count). The summed E-state index contributed by atoms with van der Waals surface area (Å²) in [6.07, 6.45) is 1.55. The Bertz CT molecular complexity index is 1750. The number of aliphatic carboxylic acids is 1. The SMILES string of the molecule is Cc1c(CC(=O)N[C@@H](Cc2ccccc2)C(=O)N[C@H](Cc2ccccc2)C(=O)O)c(=O)oc2cc3c(cc12)CCC(C)(C)O3. The average molecular weight is 597 g/mol. The zero-order valence-electron chi connectivity index (χ0n) is 25.0. The summed E-state index contributed by atoms with van der Waals surface area (Å²) < 4.78 is 11.7. The summed E-state index contributed by atoms with van der Waals surface area (Å²) in [4.78, 5) is 51.9. The predicted molar refractivity (Wildman–Crippen MR) is 166 cm³/mol. The number of carbonyl (C=O) groups excluding carboxylic acids is 2. The molecule has 0 saturated heterocycles. The highest BCUT2D eigenvalue weighted by Crippen LogP contribution is 2.36. The highest BCUT2D eigenvalue weighted by molar-refractivity contribution is 5.92. The zero-order valence-corrected chi connectivity index (χ0v) is 25.0. The van der Waals surface area contributed by atoms with Crippen LogP contribution in [0.2, 0.25) is 0 Å². The molecule has 2 amide bonds. The lowest BCUT2D eigenvalue weighted by molar-refractivity contribution is -0.142. The van der Waals surface area contributed by atoms with Crippen LogP contribution in [-0.2, 0) is 40.1 Å². The van der Waals surface area contributed by atoms with E-state index >= 15 is 0 Å². The normalized spacial score (nSPS) is 15.0. The van der Waals surface area contributed by atoms with Crippen LogP contribution in [0.3, 0.4) is 0 Å². The standard InChI is InChI=1S/C35H36N2O7/c1-21-25-18-24-14-15-35(2,3)44-29(24)20-30(25)43-34(42)26(21)19-31(38)36-27(16-22-10-6-4-7-11-22)32(39)37-28(33(40)41)17-23-12-8-5-9-13-23/h4-13,18,20,27-28H,14-17,19H2,1-3H3,(H,36,38)(H,37,39)(H,40,41)/t27-,28+/m0/s1. The lowest BCUT2D eigenvalue weighted by Gasteiger charge is -2.32. The molecule has 2 heterocycles. The molecule has 0 fully saturated rings. The maximum Gasteiger partial charge on any atom is 0.340 e. The first-order valence-electron chi connectivity index (χ1n) is 14.7. The monoisotopic (exact) mass is 596 g/mol. The van der Waals surface area contributed by atoms with Crippen LogP contribution < -0.4 is 21.0 Å². The molecule has 1 aliphatic heterocycles. The van der Waals surface area contributed by atoms with E-state index in [1.54, 1.807) is 37.3 Å². The lowest BCUT2D eigenvalue weighted by atomic mass is 9.92. The highest BCUT2D eigenvalue weighted by atomic mass is 16.5. The minimum Gasteiger partial charge on any atom is -0.487 e. The van der Waals surface area contributed by atoms with Crippen molar-refractivity contribution in [2.24, 2.45) is 0 Å². The number of amides is 2. The third kappa shape index (κ3) is 7.16.